The molecule has 3 rings (SSSR count). The topological polar surface area (TPSA) is 32.8 Å². The second-order valence-electron chi connectivity index (χ2n) is 7.31. The average Bonchev–Trinajstić information content (AvgIpc) is 2.77. The molecule has 1 amide bonds. The second kappa shape index (κ2) is 9.28. The Labute approximate surface area is 173 Å². The van der Waals surface area contributed by atoms with Gasteiger partial charge in [-0.3, -0.25) is 4.79 Å². The Morgan fingerprint density at radius 3 is 2.24 bits per heavy atom. The van der Waals surface area contributed by atoms with Crippen molar-refractivity contribution in [3.8, 4) is 5.75 Å². The largest absolute Gasteiger partial charge is 0.497 e. The van der Waals surface area contributed by atoms with Crippen molar-refractivity contribution < 1.29 is 9.53 Å². The van der Waals surface area contributed by atoms with Gasteiger partial charge in [0.05, 0.1) is 13.2 Å². The first-order chi connectivity index (χ1) is 14.0. The van der Waals surface area contributed by atoms with E-state index in [2.05, 4.69) is 48.2 Å². The maximum Gasteiger partial charge on any atom is 0.254 e. The lowest BCUT2D eigenvalue weighted by atomic mass is 10.0. The molecule has 0 heterocycles. The molecule has 0 fully saturated rings. The summed E-state index contributed by atoms with van der Waals surface area (Å²) >= 11 is 0. The molecule has 1 unspecified atom stereocenters. The molecule has 0 N–H and O–H groups in total. The number of anilines is 1. The van der Waals surface area contributed by atoms with Crippen LogP contribution in [0.25, 0.3) is 0 Å². The van der Waals surface area contributed by atoms with Gasteiger partial charge in [0.1, 0.15) is 5.75 Å². The van der Waals surface area contributed by atoms with Crippen LogP contribution >= 0.6 is 0 Å². The second-order valence-corrected chi connectivity index (χ2v) is 7.31. The zero-order chi connectivity index (χ0) is 20.8. The standard InChI is InChI=1S/C25H28N2O2/c1-19(21-9-6-5-7-10-21)27(18-20-13-15-23(16-14-20)26(2)3)25(28)22-11-8-12-24(17-22)29-4/h5-17,19H,18H2,1-4H3. The Morgan fingerprint density at radius 2 is 1.62 bits per heavy atom. The molecule has 0 aliphatic heterocycles. The Morgan fingerprint density at radius 1 is 0.931 bits per heavy atom. The molecule has 0 spiro atoms. The van der Waals surface area contributed by atoms with E-state index in [4.69, 9.17) is 4.74 Å². The molecule has 4 nitrogen and oxygen atoms in total. The van der Waals surface area contributed by atoms with Gasteiger partial charge in [0.25, 0.3) is 5.91 Å². The third-order valence-electron chi connectivity index (χ3n) is 5.13. The third kappa shape index (κ3) is 4.96. The number of amides is 1. The fourth-order valence-electron chi connectivity index (χ4n) is 3.31. The molecule has 29 heavy (non-hydrogen) atoms. The number of carbonyl (C=O) groups excluding carboxylic acids is 1. The highest BCUT2D eigenvalue weighted by atomic mass is 16.5. The van der Waals surface area contributed by atoms with Crippen molar-refractivity contribution in [2.45, 2.75) is 19.5 Å². The van der Waals surface area contributed by atoms with Gasteiger partial charge in [-0.2, -0.15) is 0 Å². The number of nitrogens with zero attached hydrogens (tertiary/aromatic N) is 2. The molecular formula is C25H28N2O2. The molecule has 0 bridgehead atoms. The van der Waals surface area contributed by atoms with Crippen LogP contribution in [0.3, 0.4) is 0 Å². The van der Waals surface area contributed by atoms with E-state index in [1.54, 1.807) is 13.2 Å². The number of carbonyl (C=O) groups is 1. The summed E-state index contributed by atoms with van der Waals surface area (Å²) in [6.45, 7) is 2.60. The zero-order valence-electron chi connectivity index (χ0n) is 17.5. The smallest absolute Gasteiger partial charge is 0.254 e. The van der Waals surface area contributed by atoms with Gasteiger partial charge in [-0.1, -0.05) is 48.5 Å². The molecule has 0 aliphatic rings. The van der Waals surface area contributed by atoms with Crippen molar-refractivity contribution in [1.29, 1.82) is 0 Å². The first kappa shape index (κ1) is 20.5. The molecule has 150 valence electrons. The lowest BCUT2D eigenvalue weighted by molar-refractivity contribution is 0.0674. The lowest BCUT2D eigenvalue weighted by Crippen LogP contribution is -2.33. The van der Waals surface area contributed by atoms with E-state index >= 15 is 0 Å². The van der Waals surface area contributed by atoms with Gasteiger partial charge in [-0.05, 0) is 48.4 Å². The van der Waals surface area contributed by atoms with Gasteiger partial charge in [-0.15, -0.1) is 0 Å². The van der Waals surface area contributed by atoms with Gasteiger partial charge in [0, 0.05) is 31.9 Å². The fraction of sp³-hybridized carbons (Fsp3) is 0.240. The lowest BCUT2D eigenvalue weighted by Gasteiger charge is -2.30. The minimum absolute atomic E-state index is 0.0167. The molecule has 0 saturated carbocycles. The molecule has 0 radical (unpaired) electrons. The number of methoxy groups -OCH3 is 1. The maximum atomic E-state index is 13.5. The molecule has 0 aliphatic carbocycles. The Bertz CT molecular complexity index is 937. The third-order valence-corrected chi connectivity index (χ3v) is 5.13. The van der Waals surface area contributed by atoms with E-state index in [0.717, 1.165) is 16.8 Å². The van der Waals surface area contributed by atoms with Crippen LogP contribution in [-0.2, 0) is 6.54 Å². The highest BCUT2D eigenvalue weighted by molar-refractivity contribution is 5.94. The highest BCUT2D eigenvalue weighted by Gasteiger charge is 2.23. The maximum absolute atomic E-state index is 13.5. The van der Waals surface area contributed by atoms with Crippen LogP contribution in [0.2, 0.25) is 0 Å². The van der Waals surface area contributed by atoms with Gasteiger partial charge >= 0.3 is 0 Å². The highest BCUT2D eigenvalue weighted by Crippen LogP contribution is 2.26. The summed E-state index contributed by atoms with van der Waals surface area (Å²) in [5.74, 6) is 0.662. The van der Waals surface area contributed by atoms with Crippen LogP contribution in [0.15, 0.2) is 78.9 Å². The average molecular weight is 389 g/mol. The predicted octanol–water partition coefficient (Wildman–Crippen LogP) is 5.16. The molecule has 0 saturated heterocycles. The van der Waals surface area contributed by atoms with Crippen molar-refractivity contribution in [1.82, 2.24) is 4.90 Å². The number of rotatable bonds is 7. The monoisotopic (exact) mass is 388 g/mol. The van der Waals surface area contributed by atoms with Crippen molar-refractivity contribution in [3.05, 3.63) is 95.6 Å². The van der Waals surface area contributed by atoms with E-state index in [1.807, 2.05) is 55.4 Å². The van der Waals surface area contributed by atoms with Crippen molar-refractivity contribution in [3.63, 3.8) is 0 Å². The molecule has 3 aromatic carbocycles. The SMILES string of the molecule is COc1cccc(C(=O)N(Cc2ccc(N(C)C)cc2)C(C)c2ccccc2)c1. The summed E-state index contributed by atoms with van der Waals surface area (Å²) in [4.78, 5) is 17.4. The number of hydrogen-bond acceptors (Lipinski definition) is 3. The first-order valence-corrected chi connectivity index (χ1v) is 9.76. The zero-order valence-corrected chi connectivity index (χ0v) is 17.5. The Balaban J connectivity index is 1.93. The van der Waals surface area contributed by atoms with Crippen LogP contribution in [-0.4, -0.2) is 32.0 Å². The Hall–Kier alpha value is -3.27. The summed E-state index contributed by atoms with van der Waals surface area (Å²) in [5, 5.41) is 0. The predicted molar refractivity (Wildman–Crippen MR) is 118 cm³/mol. The van der Waals surface area contributed by atoms with Crippen LogP contribution in [0.5, 0.6) is 5.75 Å². The van der Waals surface area contributed by atoms with Crippen LogP contribution < -0.4 is 9.64 Å². The fourth-order valence-corrected chi connectivity index (χ4v) is 3.31. The van der Waals surface area contributed by atoms with Crippen LogP contribution in [0, 0.1) is 0 Å². The number of benzene rings is 3. The van der Waals surface area contributed by atoms with Gasteiger partial charge in [-0.25, -0.2) is 0 Å². The summed E-state index contributed by atoms with van der Waals surface area (Å²) in [7, 11) is 5.65. The summed E-state index contributed by atoms with van der Waals surface area (Å²) in [6, 6.07) is 25.7. The quantitative estimate of drug-likeness (QED) is 0.560. The van der Waals surface area contributed by atoms with Crippen molar-refractivity contribution >= 4 is 11.6 Å². The van der Waals surface area contributed by atoms with Crippen molar-refractivity contribution in [2.75, 3.05) is 26.1 Å². The van der Waals surface area contributed by atoms with E-state index in [1.165, 1.54) is 0 Å². The molecular weight excluding hydrogens is 360 g/mol. The summed E-state index contributed by atoms with van der Waals surface area (Å²) < 4.78 is 5.31. The number of hydrogen-bond donors (Lipinski definition) is 0. The van der Waals surface area contributed by atoms with Gasteiger partial charge in [0.2, 0.25) is 0 Å². The summed E-state index contributed by atoms with van der Waals surface area (Å²) in [5.41, 5.74) is 3.95. The molecule has 0 aromatic heterocycles. The Kier molecular flexibility index (Phi) is 6.55. The minimum atomic E-state index is -0.0663. The first-order valence-electron chi connectivity index (χ1n) is 9.76. The van der Waals surface area contributed by atoms with Gasteiger partial charge < -0.3 is 14.5 Å². The van der Waals surface area contributed by atoms with E-state index < -0.39 is 0 Å². The van der Waals surface area contributed by atoms with Crippen LogP contribution in [0.4, 0.5) is 5.69 Å². The van der Waals surface area contributed by atoms with Gasteiger partial charge in [0.15, 0.2) is 0 Å². The van der Waals surface area contributed by atoms with E-state index in [-0.39, 0.29) is 11.9 Å². The van der Waals surface area contributed by atoms with Crippen LogP contribution in [0.1, 0.15) is 34.5 Å². The van der Waals surface area contributed by atoms with E-state index in [0.29, 0.717) is 17.9 Å². The minimum Gasteiger partial charge on any atom is -0.497 e. The molecule has 3 aromatic rings. The number of ether oxygens (including phenoxy) is 1. The summed E-state index contributed by atoms with van der Waals surface area (Å²) in [6.07, 6.45) is 0. The van der Waals surface area contributed by atoms with Crippen molar-refractivity contribution in [2.24, 2.45) is 0 Å². The molecule has 1 atom stereocenters. The molecule has 4 heteroatoms. The normalized spacial score (nSPS) is 11.6. The van der Waals surface area contributed by atoms with E-state index in [9.17, 15) is 4.79 Å².